The van der Waals surface area contributed by atoms with Gasteiger partial charge in [-0.1, -0.05) is 72.8 Å². The van der Waals surface area contributed by atoms with Gasteiger partial charge in [0, 0.05) is 44.3 Å². The molecule has 184 valence electrons. The van der Waals surface area contributed by atoms with Crippen molar-refractivity contribution >= 4 is 55.0 Å². The first kappa shape index (κ1) is 21.8. The Bertz CT molecular complexity index is 1980. The van der Waals surface area contributed by atoms with E-state index in [1.807, 2.05) is 0 Å². The second kappa shape index (κ2) is 8.64. The molecule has 8 rings (SSSR count). The van der Waals surface area contributed by atoms with E-state index < -0.39 is 0 Å². The summed E-state index contributed by atoms with van der Waals surface area (Å²) in [7, 11) is 0. The van der Waals surface area contributed by atoms with Crippen molar-refractivity contribution in [1.82, 2.24) is 9.13 Å². The molecular weight excluding hydrogens is 474 g/mol. The van der Waals surface area contributed by atoms with Gasteiger partial charge in [0.15, 0.2) is 0 Å². The predicted molar refractivity (Wildman–Crippen MR) is 165 cm³/mol. The maximum Gasteiger partial charge on any atom is 0.0542 e. The van der Waals surface area contributed by atoms with E-state index in [1.165, 1.54) is 55.0 Å². The van der Waals surface area contributed by atoms with Gasteiger partial charge in [-0.05, 0) is 72.8 Å². The SMILES string of the molecule is c1ccc(-n2c3ccccc3c3cc(Nc4ccc5c(c4)c4ccccc4n5-c4ccccc4)ccc32)cc1. The summed E-state index contributed by atoms with van der Waals surface area (Å²) in [5, 5.41) is 8.67. The number of nitrogens with one attached hydrogen (secondary N) is 1. The normalized spacial score (nSPS) is 11.6. The molecule has 0 bridgehead atoms. The van der Waals surface area contributed by atoms with Crippen LogP contribution in [-0.4, -0.2) is 9.13 Å². The quantitative estimate of drug-likeness (QED) is 0.256. The second-order valence-electron chi connectivity index (χ2n) is 9.97. The molecule has 2 heterocycles. The van der Waals surface area contributed by atoms with Crippen molar-refractivity contribution in [3.8, 4) is 11.4 Å². The lowest BCUT2D eigenvalue weighted by molar-refractivity contribution is 1.18. The minimum absolute atomic E-state index is 1.07. The van der Waals surface area contributed by atoms with Crippen molar-refractivity contribution < 1.29 is 0 Å². The van der Waals surface area contributed by atoms with Gasteiger partial charge in [0.2, 0.25) is 0 Å². The first-order valence-corrected chi connectivity index (χ1v) is 13.3. The van der Waals surface area contributed by atoms with Crippen molar-refractivity contribution in [2.24, 2.45) is 0 Å². The van der Waals surface area contributed by atoms with E-state index in [0.29, 0.717) is 0 Å². The highest BCUT2D eigenvalue weighted by atomic mass is 15.0. The number of anilines is 2. The monoisotopic (exact) mass is 499 g/mol. The Morgan fingerprint density at radius 1 is 0.333 bits per heavy atom. The van der Waals surface area contributed by atoms with Crippen molar-refractivity contribution in [2.75, 3.05) is 5.32 Å². The molecule has 6 aromatic carbocycles. The third-order valence-corrected chi connectivity index (χ3v) is 7.66. The summed E-state index contributed by atoms with van der Waals surface area (Å²) in [5.74, 6) is 0. The van der Waals surface area contributed by atoms with Crippen molar-refractivity contribution in [3.05, 3.63) is 146 Å². The van der Waals surface area contributed by atoms with E-state index in [1.54, 1.807) is 0 Å². The molecule has 0 aliphatic carbocycles. The van der Waals surface area contributed by atoms with Gasteiger partial charge < -0.3 is 14.5 Å². The molecule has 0 amide bonds. The molecule has 0 saturated heterocycles. The molecule has 0 fully saturated rings. The second-order valence-corrected chi connectivity index (χ2v) is 9.97. The van der Waals surface area contributed by atoms with Gasteiger partial charge in [-0.3, -0.25) is 0 Å². The van der Waals surface area contributed by atoms with Crippen molar-refractivity contribution in [3.63, 3.8) is 0 Å². The first-order valence-electron chi connectivity index (χ1n) is 13.3. The first-order chi connectivity index (χ1) is 19.3. The van der Waals surface area contributed by atoms with Crippen LogP contribution in [0.5, 0.6) is 0 Å². The van der Waals surface area contributed by atoms with Gasteiger partial charge in [-0.15, -0.1) is 0 Å². The summed E-state index contributed by atoms with van der Waals surface area (Å²) < 4.78 is 4.69. The molecule has 0 spiro atoms. The highest BCUT2D eigenvalue weighted by molar-refractivity contribution is 6.12. The van der Waals surface area contributed by atoms with Crippen LogP contribution in [0.4, 0.5) is 11.4 Å². The number of nitrogens with zero attached hydrogens (tertiary/aromatic N) is 2. The molecule has 0 unspecified atom stereocenters. The molecule has 3 heteroatoms. The zero-order valence-corrected chi connectivity index (χ0v) is 21.3. The number of hydrogen-bond donors (Lipinski definition) is 1. The molecule has 0 atom stereocenters. The lowest BCUT2D eigenvalue weighted by Gasteiger charge is -2.10. The number of para-hydroxylation sites is 4. The number of fused-ring (bicyclic) bond motifs is 6. The van der Waals surface area contributed by atoms with Crippen LogP contribution in [0, 0.1) is 0 Å². The lowest BCUT2D eigenvalue weighted by Crippen LogP contribution is -1.94. The van der Waals surface area contributed by atoms with E-state index in [4.69, 9.17) is 0 Å². The molecular formula is C36H25N3. The highest BCUT2D eigenvalue weighted by Gasteiger charge is 2.14. The Kier molecular flexibility index (Phi) is 4.82. The molecule has 0 saturated carbocycles. The topological polar surface area (TPSA) is 21.9 Å². The predicted octanol–water partition coefficient (Wildman–Crippen LogP) is 9.62. The summed E-state index contributed by atoms with van der Waals surface area (Å²) in [6.07, 6.45) is 0. The van der Waals surface area contributed by atoms with E-state index in [0.717, 1.165) is 11.4 Å². The number of hydrogen-bond acceptors (Lipinski definition) is 1. The minimum Gasteiger partial charge on any atom is -0.355 e. The fourth-order valence-corrected chi connectivity index (χ4v) is 5.98. The number of rotatable bonds is 4. The zero-order valence-electron chi connectivity index (χ0n) is 21.3. The summed E-state index contributed by atoms with van der Waals surface area (Å²) in [4.78, 5) is 0. The van der Waals surface area contributed by atoms with E-state index >= 15 is 0 Å². The van der Waals surface area contributed by atoms with Crippen LogP contribution in [0.15, 0.2) is 146 Å². The smallest absolute Gasteiger partial charge is 0.0542 e. The molecule has 39 heavy (non-hydrogen) atoms. The van der Waals surface area contributed by atoms with Crippen LogP contribution >= 0.6 is 0 Å². The summed E-state index contributed by atoms with van der Waals surface area (Å²) in [5.41, 5.74) is 9.32. The average Bonchev–Trinajstić information content (AvgIpc) is 3.50. The van der Waals surface area contributed by atoms with Crippen molar-refractivity contribution in [2.45, 2.75) is 0 Å². The fraction of sp³-hybridized carbons (Fsp3) is 0. The van der Waals surface area contributed by atoms with Crippen LogP contribution in [0.1, 0.15) is 0 Å². The Labute approximate surface area is 226 Å². The Morgan fingerprint density at radius 2 is 0.718 bits per heavy atom. The summed E-state index contributed by atoms with van der Waals surface area (Å²) >= 11 is 0. The van der Waals surface area contributed by atoms with Gasteiger partial charge in [0.1, 0.15) is 0 Å². The minimum atomic E-state index is 1.07. The van der Waals surface area contributed by atoms with Gasteiger partial charge in [0.25, 0.3) is 0 Å². The number of aromatic nitrogens is 2. The molecule has 8 aromatic rings. The zero-order chi connectivity index (χ0) is 25.8. The van der Waals surface area contributed by atoms with Crippen LogP contribution in [0.2, 0.25) is 0 Å². The molecule has 0 aliphatic rings. The Hall–Kier alpha value is -5.28. The molecule has 1 N–H and O–H groups in total. The van der Waals surface area contributed by atoms with Gasteiger partial charge in [-0.2, -0.15) is 0 Å². The summed E-state index contributed by atoms with van der Waals surface area (Å²) in [6, 6.07) is 51.8. The van der Waals surface area contributed by atoms with E-state index in [9.17, 15) is 0 Å². The molecule has 0 radical (unpaired) electrons. The Balaban J connectivity index is 1.26. The van der Waals surface area contributed by atoms with Crippen LogP contribution in [-0.2, 0) is 0 Å². The molecule has 2 aromatic heterocycles. The third kappa shape index (κ3) is 3.44. The molecule has 3 nitrogen and oxygen atoms in total. The van der Waals surface area contributed by atoms with Gasteiger partial charge >= 0.3 is 0 Å². The van der Waals surface area contributed by atoms with Crippen LogP contribution in [0.3, 0.4) is 0 Å². The summed E-state index contributed by atoms with van der Waals surface area (Å²) in [6.45, 7) is 0. The lowest BCUT2D eigenvalue weighted by atomic mass is 10.1. The van der Waals surface area contributed by atoms with E-state index in [2.05, 4.69) is 160 Å². The molecule has 0 aliphatic heterocycles. The van der Waals surface area contributed by atoms with Crippen molar-refractivity contribution in [1.29, 1.82) is 0 Å². The van der Waals surface area contributed by atoms with Gasteiger partial charge in [0.05, 0.1) is 22.1 Å². The Morgan fingerprint density at radius 3 is 1.18 bits per heavy atom. The maximum atomic E-state index is 3.70. The number of benzene rings is 6. The van der Waals surface area contributed by atoms with E-state index in [-0.39, 0.29) is 0 Å². The van der Waals surface area contributed by atoms with Crippen LogP contribution in [0.25, 0.3) is 55.0 Å². The highest BCUT2D eigenvalue weighted by Crippen LogP contribution is 2.36. The largest absolute Gasteiger partial charge is 0.355 e. The van der Waals surface area contributed by atoms with Gasteiger partial charge in [-0.25, -0.2) is 0 Å². The average molecular weight is 500 g/mol. The maximum absolute atomic E-state index is 3.70. The fourth-order valence-electron chi connectivity index (χ4n) is 5.98. The standard InChI is InChI=1S/C36H25N3/c1-3-11-27(12-4-1)38-33-17-9-7-15-29(33)31-23-25(19-21-35(31)38)37-26-20-22-36-32(24-26)30-16-8-10-18-34(30)39(36)28-13-5-2-6-14-28/h1-24,37H. The van der Waals surface area contributed by atoms with Crippen LogP contribution < -0.4 is 5.32 Å². The third-order valence-electron chi connectivity index (χ3n) is 7.66.